The molecule has 0 saturated heterocycles. The smallest absolute Gasteiger partial charge is 0.0125 e. The van der Waals surface area contributed by atoms with Gasteiger partial charge in [-0.25, -0.2) is 5.01 Å². The lowest BCUT2D eigenvalue weighted by atomic mass is 10.3. The van der Waals surface area contributed by atoms with Crippen molar-refractivity contribution in [3.63, 3.8) is 0 Å². The topological polar surface area (TPSA) is 15.3 Å². The van der Waals surface area contributed by atoms with Crippen LogP contribution in [0, 0.1) is 0 Å². The molecular formula is C8H20N2. The van der Waals surface area contributed by atoms with Crippen LogP contribution in [0.4, 0.5) is 0 Å². The molecule has 0 heterocycles. The maximum atomic E-state index is 3.32. The Balaban J connectivity index is 2.97. The Hall–Kier alpha value is -0.0800. The molecule has 0 unspecified atom stereocenters. The number of unbranched alkanes of at least 4 members (excludes halogenated alkanes) is 1. The zero-order valence-electron chi connectivity index (χ0n) is 7.48. The predicted octanol–water partition coefficient (Wildman–Crippen LogP) is 1.63. The van der Waals surface area contributed by atoms with Crippen molar-refractivity contribution < 1.29 is 0 Å². The van der Waals surface area contributed by atoms with Crippen LogP contribution < -0.4 is 5.43 Å². The Morgan fingerprint density at radius 1 is 1.20 bits per heavy atom. The minimum atomic E-state index is 1.12. The summed E-state index contributed by atoms with van der Waals surface area (Å²) < 4.78 is 0. The predicted molar refractivity (Wildman–Crippen MR) is 45.8 cm³/mol. The van der Waals surface area contributed by atoms with Crippen LogP contribution in [0.3, 0.4) is 0 Å². The Labute approximate surface area is 64.6 Å². The lowest BCUT2D eigenvalue weighted by molar-refractivity contribution is 0.234. The van der Waals surface area contributed by atoms with E-state index in [4.69, 9.17) is 0 Å². The first-order valence-corrected chi connectivity index (χ1v) is 4.25. The maximum Gasteiger partial charge on any atom is 0.0125 e. The molecule has 0 rings (SSSR count). The molecule has 0 radical (unpaired) electrons. The van der Waals surface area contributed by atoms with Gasteiger partial charge in [0, 0.05) is 20.1 Å². The van der Waals surface area contributed by atoms with Crippen molar-refractivity contribution in [2.75, 3.05) is 20.1 Å². The fourth-order valence-corrected chi connectivity index (χ4v) is 0.861. The molecule has 0 aliphatic carbocycles. The highest BCUT2D eigenvalue weighted by Gasteiger charge is 1.91. The van der Waals surface area contributed by atoms with E-state index in [1.807, 2.05) is 0 Å². The number of rotatable bonds is 6. The van der Waals surface area contributed by atoms with Gasteiger partial charge in [-0.2, -0.15) is 0 Å². The molecule has 62 valence electrons. The van der Waals surface area contributed by atoms with Gasteiger partial charge in [0.05, 0.1) is 0 Å². The van der Waals surface area contributed by atoms with Crippen LogP contribution in [-0.2, 0) is 0 Å². The summed E-state index contributed by atoms with van der Waals surface area (Å²) in [5.74, 6) is 0. The maximum absolute atomic E-state index is 3.32. The summed E-state index contributed by atoms with van der Waals surface area (Å²) in [5, 5.41) is 2.16. The van der Waals surface area contributed by atoms with Crippen molar-refractivity contribution in [2.24, 2.45) is 0 Å². The first-order valence-electron chi connectivity index (χ1n) is 4.25. The van der Waals surface area contributed by atoms with Crippen LogP contribution in [0.2, 0.25) is 0 Å². The molecule has 0 amide bonds. The summed E-state index contributed by atoms with van der Waals surface area (Å²) in [4.78, 5) is 0. The minimum absolute atomic E-state index is 1.12. The van der Waals surface area contributed by atoms with Gasteiger partial charge in [-0.15, -0.1) is 0 Å². The highest BCUT2D eigenvalue weighted by molar-refractivity contribution is 4.43. The number of hydrogen-bond donors (Lipinski definition) is 1. The third-order valence-electron chi connectivity index (χ3n) is 1.47. The molecule has 0 aliphatic heterocycles. The third kappa shape index (κ3) is 6.05. The Bertz CT molecular complexity index is 64.3. The van der Waals surface area contributed by atoms with Crippen molar-refractivity contribution in [2.45, 2.75) is 33.1 Å². The Kier molecular flexibility index (Phi) is 6.98. The standard InChI is InChI=1S/C8H20N2/c1-4-6-7-9-10(3)8-5-2/h9H,4-8H2,1-3H3. The van der Waals surface area contributed by atoms with Crippen LogP contribution in [0.5, 0.6) is 0 Å². The van der Waals surface area contributed by atoms with Gasteiger partial charge < -0.3 is 0 Å². The van der Waals surface area contributed by atoms with Gasteiger partial charge in [-0.1, -0.05) is 20.3 Å². The molecule has 0 atom stereocenters. The number of nitrogens with zero attached hydrogens (tertiary/aromatic N) is 1. The fraction of sp³-hybridized carbons (Fsp3) is 1.00. The van der Waals surface area contributed by atoms with E-state index < -0.39 is 0 Å². The van der Waals surface area contributed by atoms with Gasteiger partial charge in [0.2, 0.25) is 0 Å². The van der Waals surface area contributed by atoms with Crippen molar-refractivity contribution in [3.8, 4) is 0 Å². The summed E-state index contributed by atoms with van der Waals surface area (Å²) in [6.07, 6.45) is 3.76. The van der Waals surface area contributed by atoms with Crippen LogP contribution in [0.15, 0.2) is 0 Å². The van der Waals surface area contributed by atoms with E-state index in [2.05, 4.69) is 31.3 Å². The molecule has 0 aromatic heterocycles. The summed E-state index contributed by atoms with van der Waals surface area (Å²) in [6, 6.07) is 0. The largest absolute Gasteiger partial charge is 0.255 e. The van der Waals surface area contributed by atoms with Gasteiger partial charge in [0.1, 0.15) is 0 Å². The van der Waals surface area contributed by atoms with Crippen molar-refractivity contribution in [1.29, 1.82) is 0 Å². The Morgan fingerprint density at radius 3 is 2.40 bits per heavy atom. The SMILES string of the molecule is CCCCNN(C)CCC. The highest BCUT2D eigenvalue weighted by Crippen LogP contribution is 1.85. The van der Waals surface area contributed by atoms with E-state index in [0.29, 0.717) is 0 Å². The van der Waals surface area contributed by atoms with Crippen LogP contribution in [0.25, 0.3) is 0 Å². The molecule has 0 aliphatic rings. The highest BCUT2D eigenvalue weighted by atomic mass is 15.5. The van der Waals surface area contributed by atoms with Crippen molar-refractivity contribution in [1.82, 2.24) is 10.4 Å². The summed E-state index contributed by atoms with van der Waals surface area (Å²) >= 11 is 0. The number of hydrogen-bond acceptors (Lipinski definition) is 2. The first-order chi connectivity index (χ1) is 4.81. The van der Waals surface area contributed by atoms with E-state index in [0.717, 1.165) is 13.1 Å². The molecule has 0 saturated carbocycles. The Morgan fingerprint density at radius 2 is 1.90 bits per heavy atom. The normalized spacial score (nSPS) is 10.8. The summed E-state index contributed by atoms with van der Waals surface area (Å²) in [6.45, 7) is 6.66. The van der Waals surface area contributed by atoms with E-state index in [-0.39, 0.29) is 0 Å². The molecule has 0 spiro atoms. The molecule has 0 bridgehead atoms. The molecule has 10 heavy (non-hydrogen) atoms. The van der Waals surface area contributed by atoms with Gasteiger partial charge in [0.15, 0.2) is 0 Å². The van der Waals surface area contributed by atoms with Crippen molar-refractivity contribution in [3.05, 3.63) is 0 Å². The summed E-state index contributed by atoms with van der Waals surface area (Å²) in [5.41, 5.74) is 3.32. The molecule has 0 aromatic rings. The molecule has 1 N–H and O–H groups in total. The van der Waals surface area contributed by atoms with Crippen LogP contribution in [-0.4, -0.2) is 25.1 Å². The third-order valence-corrected chi connectivity index (χ3v) is 1.47. The monoisotopic (exact) mass is 144 g/mol. The van der Waals surface area contributed by atoms with E-state index in [1.165, 1.54) is 19.3 Å². The van der Waals surface area contributed by atoms with Crippen LogP contribution in [0.1, 0.15) is 33.1 Å². The van der Waals surface area contributed by atoms with Crippen LogP contribution >= 0.6 is 0 Å². The van der Waals surface area contributed by atoms with Gasteiger partial charge in [0.25, 0.3) is 0 Å². The molecule has 0 fully saturated rings. The van der Waals surface area contributed by atoms with E-state index >= 15 is 0 Å². The zero-order valence-corrected chi connectivity index (χ0v) is 7.48. The molecule has 2 nitrogen and oxygen atoms in total. The number of nitrogens with one attached hydrogen (secondary N) is 1. The fourth-order valence-electron chi connectivity index (χ4n) is 0.861. The zero-order chi connectivity index (χ0) is 7.82. The van der Waals surface area contributed by atoms with E-state index in [9.17, 15) is 0 Å². The second-order valence-corrected chi connectivity index (χ2v) is 2.68. The first kappa shape index (κ1) is 9.92. The van der Waals surface area contributed by atoms with Gasteiger partial charge in [-0.05, 0) is 12.8 Å². The minimum Gasteiger partial charge on any atom is -0.255 e. The lowest BCUT2D eigenvalue weighted by Crippen LogP contribution is -2.35. The number of hydrazine groups is 1. The summed E-state index contributed by atoms with van der Waals surface area (Å²) in [7, 11) is 2.10. The second kappa shape index (κ2) is 7.03. The van der Waals surface area contributed by atoms with Crippen molar-refractivity contribution >= 4 is 0 Å². The average molecular weight is 144 g/mol. The second-order valence-electron chi connectivity index (χ2n) is 2.68. The molecule has 0 aromatic carbocycles. The van der Waals surface area contributed by atoms with Gasteiger partial charge >= 0.3 is 0 Å². The average Bonchev–Trinajstić information content (AvgIpc) is 1.89. The van der Waals surface area contributed by atoms with E-state index in [1.54, 1.807) is 0 Å². The lowest BCUT2D eigenvalue weighted by Gasteiger charge is -2.16. The molecule has 2 heteroatoms. The molecular weight excluding hydrogens is 124 g/mol. The van der Waals surface area contributed by atoms with Gasteiger partial charge in [-0.3, -0.25) is 5.43 Å². The quantitative estimate of drug-likeness (QED) is 0.450.